The molecule has 0 spiro atoms. The molecule has 0 aromatic heterocycles. The lowest BCUT2D eigenvalue weighted by Crippen LogP contribution is -2.37. The highest BCUT2D eigenvalue weighted by Crippen LogP contribution is 2.36. The van der Waals surface area contributed by atoms with Crippen LogP contribution in [-0.2, 0) is 11.0 Å². The zero-order valence-corrected chi connectivity index (χ0v) is 14.0. The number of amides is 1. The van der Waals surface area contributed by atoms with Gasteiger partial charge < -0.3 is 10.6 Å². The standard InChI is InChI=1S/C17H17ClF3N3O/c18-15-7-6-13(8-14(15)17(19,20)21)23-10-11(9-22)16(25)24-12-4-2-1-3-5-12/h6-8,10,12,23H,1-5H2,(H,24,25)/b11-10-. The zero-order valence-electron chi connectivity index (χ0n) is 13.3. The van der Waals surface area contributed by atoms with Gasteiger partial charge in [-0.1, -0.05) is 30.9 Å². The van der Waals surface area contributed by atoms with Crippen molar-refractivity contribution >= 4 is 23.2 Å². The maximum Gasteiger partial charge on any atom is 0.417 e. The molecular weight excluding hydrogens is 355 g/mol. The van der Waals surface area contributed by atoms with Crippen LogP contribution in [0.4, 0.5) is 18.9 Å². The Morgan fingerprint density at radius 1 is 1.28 bits per heavy atom. The number of rotatable bonds is 4. The molecule has 1 saturated carbocycles. The summed E-state index contributed by atoms with van der Waals surface area (Å²) in [5, 5.41) is 14.0. The van der Waals surface area contributed by atoms with Crippen molar-refractivity contribution in [1.82, 2.24) is 5.32 Å². The molecule has 0 atom stereocenters. The number of carbonyl (C=O) groups excluding carboxylic acids is 1. The second-order valence-electron chi connectivity index (χ2n) is 5.81. The third-order valence-electron chi connectivity index (χ3n) is 3.96. The fraction of sp³-hybridized carbons (Fsp3) is 0.412. The highest BCUT2D eigenvalue weighted by molar-refractivity contribution is 6.31. The van der Waals surface area contributed by atoms with E-state index in [1.54, 1.807) is 6.07 Å². The molecule has 0 unspecified atom stereocenters. The Morgan fingerprint density at radius 2 is 1.96 bits per heavy atom. The molecule has 2 N–H and O–H groups in total. The van der Waals surface area contributed by atoms with Gasteiger partial charge in [0.25, 0.3) is 5.91 Å². The summed E-state index contributed by atoms with van der Waals surface area (Å²) in [7, 11) is 0. The van der Waals surface area contributed by atoms with Gasteiger partial charge in [-0.05, 0) is 31.0 Å². The smallest absolute Gasteiger partial charge is 0.360 e. The Balaban J connectivity index is 2.08. The normalized spacial score (nSPS) is 16.2. The van der Waals surface area contributed by atoms with Gasteiger partial charge in [0, 0.05) is 17.9 Å². The molecule has 8 heteroatoms. The van der Waals surface area contributed by atoms with E-state index in [0.29, 0.717) is 0 Å². The third kappa shape index (κ3) is 5.40. The molecule has 1 amide bonds. The fourth-order valence-electron chi connectivity index (χ4n) is 2.65. The topological polar surface area (TPSA) is 64.9 Å². The van der Waals surface area contributed by atoms with Crippen LogP contribution in [0.15, 0.2) is 30.0 Å². The predicted molar refractivity (Wildman–Crippen MR) is 88.8 cm³/mol. The van der Waals surface area contributed by atoms with Crippen LogP contribution in [-0.4, -0.2) is 11.9 Å². The van der Waals surface area contributed by atoms with Crippen molar-refractivity contribution < 1.29 is 18.0 Å². The van der Waals surface area contributed by atoms with Crippen LogP contribution < -0.4 is 10.6 Å². The van der Waals surface area contributed by atoms with E-state index in [9.17, 15) is 18.0 Å². The molecule has 1 aromatic rings. The molecule has 25 heavy (non-hydrogen) atoms. The maximum absolute atomic E-state index is 12.8. The van der Waals surface area contributed by atoms with E-state index in [-0.39, 0.29) is 17.3 Å². The molecule has 4 nitrogen and oxygen atoms in total. The summed E-state index contributed by atoms with van der Waals surface area (Å²) in [5.74, 6) is -0.535. The summed E-state index contributed by atoms with van der Waals surface area (Å²) in [5.41, 5.74) is -1.11. The number of hydrogen-bond acceptors (Lipinski definition) is 3. The average molecular weight is 372 g/mol. The first kappa shape index (κ1) is 19.1. The second kappa shape index (κ2) is 8.26. The molecule has 134 valence electrons. The van der Waals surface area contributed by atoms with Crippen molar-refractivity contribution in [1.29, 1.82) is 5.26 Å². The van der Waals surface area contributed by atoms with E-state index >= 15 is 0 Å². The Kier molecular flexibility index (Phi) is 6.32. The molecule has 1 aliphatic rings. The Labute approximate surface area is 148 Å². The van der Waals surface area contributed by atoms with Crippen LogP contribution in [0.5, 0.6) is 0 Å². The largest absolute Gasteiger partial charge is 0.417 e. The van der Waals surface area contributed by atoms with Gasteiger partial charge in [0.05, 0.1) is 10.6 Å². The number of anilines is 1. The maximum atomic E-state index is 12.8. The van der Waals surface area contributed by atoms with Gasteiger partial charge >= 0.3 is 6.18 Å². The monoisotopic (exact) mass is 371 g/mol. The van der Waals surface area contributed by atoms with Crippen LogP contribution >= 0.6 is 11.6 Å². The van der Waals surface area contributed by atoms with Crippen molar-refractivity contribution in [3.63, 3.8) is 0 Å². The quantitative estimate of drug-likeness (QED) is 0.599. The number of nitrogens with zero attached hydrogens (tertiary/aromatic N) is 1. The highest BCUT2D eigenvalue weighted by Gasteiger charge is 2.33. The summed E-state index contributed by atoms with van der Waals surface area (Å²) >= 11 is 5.55. The summed E-state index contributed by atoms with van der Waals surface area (Å²) in [6.45, 7) is 0. The number of nitriles is 1. The number of alkyl halides is 3. The molecule has 1 aromatic carbocycles. The van der Waals surface area contributed by atoms with Crippen LogP contribution in [0.3, 0.4) is 0 Å². The lowest BCUT2D eigenvalue weighted by Gasteiger charge is -2.22. The van der Waals surface area contributed by atoms with E-state index in [0.717, 1.165) is 50.4 Å². The Hall–Kier alpha value is -2.20. The van der Waals surface area contributed by atoms with Crippen LogP contribution in [0.25, 0.3) is 0 Å². The number of benzene rings is 1. The Morgan fingerprint density at radius 3 is 2.56 bits per heavy atom. The molecule has 1 aliphatic carbocycles. The van der Waals surface area contributed by atoms with E-state index in [2.05, 4.69) is 10.6 Å². The van der Waals surface area contributed by atoms with E-state index in [1.165, 1.54) is 6.07 Å². The first-order chi connectivity index (χ1) is 11.8. The summed E-state index contributed by atoms with van der Waals surface area (Å²) < 4.78 is 38.5. The third-order valence-corrected chi connectivity index (χ3v) is 4.29. The van der Waals surface area contributed by atoms with Gasteiger partial charge in [-0.2, -0.15) is 18.4 Å². The molecule has 2 rings (SSSR count). The van der Waals surface area contributed by atoms with E-state index in [1.807, 2.05) is 0 Å². The summed E-state index contributed by atoms with van der Waals surface area (Å²) in [6.07, 6.45) is 1.43. The van der Waals surface area contributed by atoms with Gasteiger partial charge in [0.15, 0.2) is 0 Å². The lowest BCUT2D eigenvalue weighted by molar-refractivity contribution is -0.137. The van der Waals surface area contributed by atoms with E-state index < -0.39 is 22.7 Å². The minimum Gasteiger partial charge on any atom is -0.360 e. The predicted octanol–water partition coefficient (Wildman–Crippen LogP) is 4.63. The minimum absolute atomic E-state index is 0.0327. The van der Waals surface area contributed by atoms with Crippen molar-refractivity contribution in [3.8, 4) is 6.07 Å². The summed E-state index contributed by atoms with van der Waals surface area (Å²) in [6, 6.07) is 5.06. The first-order valence-corrected chi connectivity index (χ1v) is 8.23. The lowest BCUT2D eigenvalue weighted by atomic mass is 9.95. The minimum atomic E-state index is -4.59. The van der Waals surface area contributed by atoms with Gasteiger partial charge in [-0.25, -0.2) is 0 Å². The van der Waals surface area contributed by atoms with Crippen molar-refractivity contribution in [2.75, 3.05) is 5.32 Å². The number of hydrogen-bond donors (Lipinski definition) is 2. The molecule has 1 fully saturated rings. The Bertz CT molecular complexity index is 704. The van der Waals surface area contributed by atoms with Crippen LogP contribution in [0, 0.1) is 11.3 Å². The number of carbonyl (C=O) groups is 1. The molecule has 0 aliphatic heterocycles. The molecule has 0 radical (unpaired) electrons. The van der Waals surface area contributed by atoms with Crippen molar-refractivity contribution in [2.24, 2.45) is 0 Å². The van der Waals surface area contributed by atoms with Gasteiger partial charge in [0.1, 0.15) is 11.6 Å². The summed E-state index contributed by atoms with van der Waals surface area (Å²) in [4.78, 5) is 12.1. The molecule has 0 bridgehead atoms. The average Bonchev–Trinajstić information content (AvgIpc) is 2.56. The number of nitrogens with one attached hydrogen (secondary N) is 2. The zero-order chi connectivity index (χ0) is 18.4. The van der Waals surface area contributed by atoms with Crippen LogP contribution in [0.1, 0.15) is 37.7 Å². The first-order valence-electron chi connectivity index (χ1n) is 7.85. The molecule has 0 heterocycles. The molecule has 0 saturated heterocycles. The van der Waals surface area contributed by atoms with Gasteiger partial charge in [-0.15, -0.1) is 0 Å². The second-order valence-corrected chi connectivity index (χ2v) is 6.22. The van der Waals surface area contributed by atoms with Gasteiger partial charge in [0.2, 0.25) is 0 Å². The number of halogens is 4. The van der Waals surface area contributed by atoms with Crippen molar-refractivity contribution in [2.45, 2.75) is 44.3 Å². The highest BCUT2D eigenvalue weighted by atomic mass is 35.5. The van der Waals surface area contributed by atoms with E-state index in [4.69, 9.17) is 16.9 Å². The van der Waals surface area contributed by atoms with Gasteiger partial charge in [-0.3, -0.25) is 4.79 Å². The fourth-order valence-corrected chi connectivity index (χ4v) is 2.87. The van der Waals surface area contributed by atoms with Crippen molar-refractivity contribution in [3.05, 3.63) is 40.6 Å². The molecular formula is C17H17ClF3N3O. The SMILES string of the molecule is N#C/C(=C/Nc1ccc(Cl)c(C(F)(F)F)c1)C(=O)NC1CCCCC1. The van der Waals surface area contributed by atoms with Crippen LogP contribution in [0.2, 0.25) is 5.02 Å².